The van der Waals surface area contributed by atoms with Crippen LogP contribution in [0.15, 0.2) is 182 Å². The fourth-order valence-electron chi connectivity index (χ4n) is 7.11. The summed E-state index contributed by atoms with van der Waals surface area (Å²) < 4.78 is 0. The molecule has 0 aliphatic rings. The highest BCUT2D eigenvalue weighted by Gasteiger charge is 2.20. The van der Waals surface area contributed by atoms with E-state index in [0.29, 0.717) is 17.5 Å². The van der Waals surface area contributed by atoms with E-state index in [9.17, 15) is 0 Å². The van der Waals surface area contributed by atoms with Gasteiger partial charge < -0.3 is 0 Å². The molecule has 0 radical (unpaired) electrons. The molecule has 0 spiro atoms. The topological polar surface area (TPSA) is 77.3 Å². The van der Waals surface area contributed by atoms with Crippen LogP contribution in [-0.2, 0) is 0 Å². The molecule has 0 atom stereocenters. The van der Waals surface area contributed by atoms with Crippen LogP contribution in [0.4, 0.5) is 0 Å². The van der Waals surface area contributed by atoms with Crippen molar-refractivity contribution in [2.24, 2.45) is 0 Å². The van der Waals surface area contributed by atoms with Gasteiger partial charge in [0.1, 0.15) is 0 Å². The first-order valence-electron chi connectivity index (χ1n) is 17.9. The van der Waals surface area contributed by atoms with E-state index >= 15 is 0 Å². The lowest BCUT2D eigenvalue weighted by Gasteiger charge is -2.15. The number of rotatable bonds is 6. The van der Waals surface area contributed by atoms with Crippen molar-refractivity contribution in [1.29, 1.82) is 0 Å². The highest BCUT2D eigenvalue weighted by atomic mass is 15.0. The summed E-state index contributed by atoms with van der Waals surface area (Å²) in [5, 5.41) is 3.03. The monoisotopic (exact) mass is 690 g/mol. The van der Waals surface area contributed by atoms with Gasteiger partial charge in [-0.25, -0.2) is 29.9 Å². The van der Waals surface area contributed by atoms with E-state index < -0.39 is 0 Å². The van der Waals surface area contributed by atoms with Crippen LogP contribution >= 0.6 is 0 Å². The Labute approximate surface area is 311 Å². The van der Waals surface area contributed by atoms with Crippen LogP contribution < -0.4 is 0 Å². The van der Waals surface area contributed by atoms with Gasteiger partial charge in [0.25, 0.3) is 0 Å². The Kier molecular flexibility index (Phi) is 7.69. The molecule has 6 nitrogen and oxygen atoms in total. The van der Waals surface area contributed by atoms with Crippen molar-refractivity contribution in [2.75, 3.05) is 0 Å². The molecule has 0 bridgehead atoms. The molecule has 0 aliphatic carbocycles. The van der Waals surface area contributed by atoms with Gasteiger partial charge in [-0.05, 0) is 24.3 Å². The van der Waals surface area contributed by atoms with Crippen LogP contribution in [-0.4, -0.2) is 29.9 Å². The first-order valence-corrected chi connectivity index (χ1v) is 17.9. The first kappa shape index (κ1) is 31.3. The zero-order valence-corrected chi connectivity index (χ0v) is 29.0. The second-order valence-electron chi connectivity index (χ2n) is 13.1. The van der Waals surface area contributed by atoms with Gasteiger partial charge >= 0.3 is 0 Å². The largest absolute Gasteiger partial charge is 0.247 e. The Balaban J connectivity index is 1.20. The lowest BCUT2D eigenvalue weighted by molar-refractivity contribution is 1.07. The molecule has 0 saturated heterocycles. The number of nitrogens with zero attached hydrogens (tertiary/aromatic N) is 6. The zero-order valence-electron chi connectivity index (χ0n) is 29.0. The summed E-state index contributed by atoms with van der Waals surface area (Å²) in [6.45, 7) is 0. The minimum Gasteiger partial charge on any atom is -0.247 e. The third-order valence-electron chi connectivity index (χ3n) is 9.69. The van der Waals surface area contributed by atoms with E-state index in [-0.39, 0.29) is 0 Å². The predicted molar refractivity (Wildman–Crippen MR) is 218 cm³/mol. The Bertz CT molecular complexity index is 2910. The Morgan fingerprint density at radius 3 is 1.33 bits per heavy atom. The van der Waals surface area contributed by atoms with E-state index in [2.05, 4.69) is 66.7 Å². The summed E-state index contributed by atoms with van der Waals surface area (Å²) in [6.07, 6.45) is 0. The van der Waals surface area contributed by atoms with Gasteiger partial charge in [-0.2, -0.15) is 0 Å². The van der Waals surface area contributed by atoms with Crippen LogP contribution in [0.5, 0.6) is 0 Å². The summed E-state index contributed by atoms with van der Waals surface area (Å²) in [7, 11) is 0. The Morgan fingerprint density at radius 2 is 0.722 bits per heavy atom. The van der Waals surface area contributed by atoms with Gasteiger partial charge in [0, 0.05) is 49.5 Å². The highest BCUT2D eigenvalue weighted by molar-refractivity contribution is 6.21. The number of aromatic nitrogens is 6. The average Bonchev–Trinajstić information content (AvgIpc) is 3.26. The van der Waals surface area contributed by atoms with Crippen LogP contribution in [0.3, 0.4) is 0 Å². The van der Waals surface area contributed by atoms with Crippen LogP contribution in [0, 0.1) is 0 Å². The summed E-state index contributed by atoms with van der Waals surface area (Å²) >= 11 is 0. The van der Waals surface area contributed by atoms with Gasteiger partial charge in [-0.1, -0.05) is 158 Å². The molecular weight excluding hydrogens is 661 g/mol. The fourth-order valence-corrected chi connectivity index (χ4v) is 7.11. The average molecular weight is 691 g/mol. The number of hydrogen-bond donors (Lipinski definition) is 0. The summed E-state index contributed by atoms with van der Waals surface area (Å²) in [4.78, 5) is 30.9. The fraction of sp³-hybridized carbons (Fsp3) is 0. The molecule has 10 rings (SSSR count). The van der Waals surface area contributed by atoms with E-state index in [1.807, 2.05) is 115 Å². The third-order valence-corrected chi connectivity index (χ3v) is 9.69. The molecule has 3 aromatic heterocycles. The maximum absolute atomic E-state index is 5.46. The number of fused-ring (bicyclic) bond motifs is 5. The lowest BCUT2D eigenvalue weighted by Crippen LogP contribution is -2.00. The number of hydrogen-bond acceptors (Lipinski definition) is 6. The van der Waals surface area contributed by atoms with Crippen molar-refractivity contribution in [3.05, 3.63) is 182 Å². The Morgan fingerprint density at radius 1 is 0.259 bits per heavy atom. The molecule has 0 N–H and O–H groups in total. The molecule has 7 aromatic carbocycles. The van der Waals surface area contributed by atoms with Gasteiger partial charge in [0.15, 0.2) is 17.5 Å². The standard InChI is InChI=1S/C48H30N6/c1-5-16-31(17-6-1)43-44(32-18-7-2-8-19-32)51-45-40(50-43)29-28-38-41(45)37-26-13-14-27-39(37)49-42(38)35-24-15-25-36(30-35)48-53-46(33-20-9-3-10-21-33)52-47(54-48)34-22-11-4-12-23-34/h1-30H. The molecule has 0 fully saturated rings. The Hall–Kier alpha value is -7.44. The van der Waals surface area contributed by atoms with Crippen molar-refractivity contribution < 1.29 is 0 Å². The smallest absolute Gasteiger partial charge is 0.164 e. The van der Waals surface area contributed by atoms with Crippen molar-refractivity contribution >= 4 is 32.7 Å². The predicted octanol–water partition coefficient (Wildman–Crippen LogP) is 11.5. The van der Waals surface area contributed by atoms with E-state index in [0.717, 1.165) is 83.2 Å². The van der Waals surface area contributed by atoms with Gasteiger partial charge in [0.05, 0.1) is 33.6 Å². The molecule has 6 heteroatoms. The molecule has 0 saturated carbocycles. The number of pyridine rings is 1. The summed E-state index contributed by atoms with van der Waals surface area (Å²) in [5.74, 6) is 1.83. The molecule has 0 aliphatic heterocycles. The lowest BCUT2D eigenvalue weighted by atomic mass is 9.97. The van der Waals surface area contributed by atoms with Crippen molar-refractivity contribution in [3.8, 4) is 67.9 Å². The van der Waals surface area contributed by atoms with E-state index in [1.165, 1.54) is 0 Å². The molecule has 0 unspecified atom stereocenters. The van der Waals surface area contributed by atoms with Crippen molar-refractivity contribution in [1.82, 2.24) is 29.9 Å². The van der Waals surface area contributed by atoms with Crippen molar-refractivity contribution in [2.45, 2.75) is 0 Å². The van der Waals surface area contributed by atoms with Crippen LogP contribution in [0.25, 0.3) is 101 Å². The minimum absolute atomic E-state index is 0.590. The van der Waals surface area contributed by atoms with Crippen LogP contribution in [0.2, 0.25) is 0 Å². The quantitative estimate of drug-likeness (QED) is 0.162. The molecule has 3 heterocycles. The second kappa shape index (κ2) is 13.3. The van der Waals surface area contributed by atoms with Gasteiger partial charge in [-0.15, -0.1) is 0 Å². The minimum atomic E-state index is 0.590. The molecule has 0 amide bonds. The van der Waals surface area contributed by atoms with E-state index in [1.54, 1.807) is 0 Å². The molecule has 252 valence electrons. The summed E-state index contributed by atoms with van der Waals surface area (Å²) in [6, 6.07) is 61.4. The van der Waals surface area contributed by atoms with Crippen LogP contribution in [0.1, 0.15) is 0 Å². The first-order chi connectivity index (χ1) is 26.8. The highest BCUT2D eigenvalue weighted by Crippen LogP contribution is 2.39. The maximum atomic E-state index is 5.46. The third kappa shape index (κ3) is 5.63. The summed E-state index contributed by atoms with van der Waals surface area (Å²) in [5.41, 5.74) is 10.8. The number of benzene rings is 7. The molecular formula is C48H30N6. The zero-order chi connectivity index (χ0) is 35.8. The number of para-hydroxylation sites is 1. The second-order valence-corrected chi connectivity index (χ2v) is 13.1. The van der Waals surface area contributed by atoms with Gasteiger partial charge in [0.2, 0.25) is 0 Å². The molecule has 10 aromatic rings. The van der Waals surface area contributed by atoms with E-state index in [4.69, 9.17) is 29.9 Å². The maximum Gasteiger partial charge on any atom is 0.164 e. The SMILES string of the molecule is c1ccc(-c2nc(-c3ccccc3)nc(-c3cccc(-c4nc5ccccc5c5c4ccc4nc(-c6ccccc6)c(-c6ccccc6)nc45)c3)n2)cc1. The van der Waals surface area contributed by atoms with Gasteiger partial charge in [-0.3, -0.25) is 0 Å². The normalized spacial score (nSPS) is 11.3. The molecule has 54 heavy (non-hydrogen) atoms. The van der Waals surface area contributed by atoms with Crippen molar-refractivity contribution in [3.63, 3.8) is 0 Å².